The second-order valence-corrected chi connectivity index (χ2v) is 3.28. The third-order valence-electron chi connectivity index (χ3n) is 2.03. The van der Waals surface area contributed by atoms with Crippen molar-refractivity contribution in [1.29, 1.82) is 0 Å². The fourth-order valence-corrected chi connectivity index (χ4v) is 1.48. The van der Waals surface area contributed by atoms with Crippen LogP contribution in [0.3, 0.4) is 0 Å². The molecule has 2 rings (SSSR count). The van der Waals surface area contributed by atoms with Crippen LogP contribution in [0, 0.1) is 6.92 Å². The number of ether oxygens (including phenoxy) is 1. The maximum Gasteiger partial charge on any atom is 0.203 e. The minimum absolute atomic E-state index is 0.0569. The van der Waals surface area contributed by atoms with Gasteiger partial charge in [-0.05, 0) is 19.1 Å². The van der Waals surface area contributed by atoms with Crippen molar-refractivity contribution in [2.45, 2.75) is 11.8 Å². The molecule has 0 unspecified atom stereocenters. The Balaban J connectivity index is 2.68. The second-order valence-electron chi connectivity index (χ2n) is 2.80. The van der Waals surface area contributed by atoms with Crippen LogP contribution in [0.5, 0.6) is 5.75 Å². The molecule has 0 aliphatic carbocycles. The van der Waals surface area contributed by atoms with Crippen molar-refractivity contribution < 1.29 is 9.53 Å². The van der Waals surface area contributed by atoms with Gasteiger partial charge < -0.3 is 4.74 Å². The summed E-state index contributed by atoms with van der Waals surface area (Å²) in [4.78, 5) is 12.0. The highest BCUT2D eigenvalue weighted by molar-refractivity contribution is 7.80. The van der Waals surface area contributed by atoms with Gasteiger partial charge in [0.05, 0.1) is 5.56 Å². The Kier molecular flexibility index (Phi) is 1.61. The highest BCUT2D eigenvalue weighted by Crippen LogP contribution is 2.32. The molecule has 1 heterocycles. The molecular weight excluding hydrogens is 172 g/mol. The van der Waals surface area contributed by atoms with E-state index < -0.39 is 0 Å². The minimum atomic E-state index is 0.0569. The largest absolute Gasteiger partial charge is 0.484 e. The molecule has 2 nitrogen and oxygen atoms in total. The standard InChI is InChI=1S/C9H8O2S/c1-5-8(12)3-2-6-7(10)4-11-9(5)6/h2-3,12H,4H2,1H3. The smallest absolute Gasteiger partial charge is 0.203 e. The van der Waals surface area contributed by atoms with Gasteiger partial charge in [0, 0.05) is 10.5 Å². The molecule has 1 aliphatic rings. The van der Waals surface area contributed by atoms with Gasteiger partial charge in [0.2, 0.25) is 5.78 Å². The molecule has 3 heteroatoms. The number of hydrogen-bond acceptors (Lipinski definition) is 3. The summed E-state index contributed by atoms with van der Waals surface area (Å²) < 4.78 is 5.22. The van der Waals surface area contributed by atoms with Crippen molar-refractivity contribution in [3.63, 3.8) is 0 Å². The van der Waals surface area contributed by atoms with Crippen LogP contribution in [-0.4, -0.2) is 12.4 Å². The maximum absolute atomic E-state index is 11.2. The van der Waals surface area contributed by atoms with Crippen LogP contribution in [0.4, 0.5) is 0 Å². The van der Waals surface area contributed by atoms with E-state index >= 15 is 0 Å². The number of carbonyl (C=O) groups excluding carboxylic acids is 1. The van der Waals surface area contributed by atoms with E-state index in [2.05, 4.69) is 12.6 Å². The summed E-state index contributed by atoms with van der Waals surface area (Å²) in [5.74, 6) is 0.758. The van der Waals surface area contributed by atoms with E-state index in [1.165, 1.54) is 0 Å². The predicted octanol–water partition coefficient (Wildman–Crippen LogP) is 1.86. The molecule has 0 N–H and O–H groups in total. The molecule has 1 aromatic rings. The van der Waals surface area contributed by atoms with E-state index in [0.717, 1.165) is 10.5 Å². The lowest BCUT2D eigenvalue weighted by atomic mass is 10.1. The molecular formula is C9H8O2S. The summed E-state index contributed by atoms with van der Waals surface area (Å²) in [5.41, 5.74) is 1.63. The number of carbonyl (C=O) groups is 1. The predicted molar refractivity (Wildman–Crippen MR) is 48.3 cm³/mol. The Morgan fingerprint density at radius 2 is 2.25 bits per heavy atom. The van der Waals surface area contributed by atoms with Gasteiger partial charge in [-0.25, -0.2) is 0 Å². The fourth-order valence-electron chi connectivity index (χ4n) is 1.30. The third kappa shape index (κ3) is 0.932. The number of rotatable bonds is 0. The van der Waals surface area contributed by atoms with Gasteiger partial charge in [0.1, 0.15) is 5.75 Å². The number of fused-ring (bicyclic) bond motifs is 1. The van der Waals surface area contributed by atoms with E-state index in [9.17, 15) is 4.79 Å². The molecule has 12 heavy (non-hydrogen) atoms. The van der Waals surface area contributed by atoms with E-state index in [1.807, 2.05) is 13.0 Å². The molecule has 1 aliphatic heterocycles. The van der Waals surface area contributed by atoms with Crippen molar-refractivity contribution in [2.75, 3.05) is 6.61 Å². The number of hydrogen-bond donors (Lipinski definition) is 1. The molecule has 62 valence electrons. The third-order valence-corrected chi connectivity index (χ3v) is 2.51. The van der Waals surface area contributed by atoms with Crippen molar-refractivity contribution >= 4 is 18.4 Å². The Labute approximate surface area is 76.0 Å². The first-order valence-electron chi connectivity index (χ1n) is 3.68. The summed E-state index contributed by atoms with van der Waals surface area (Å²) in [6, 6.07) is 3.59. The Morgan fingerprint density at radius 3 is 3.00 bits per heavy atom. The molecule has 0 amide bonds. The fraction of sp³-hybridized carbons (Fsp3) is 0.222. The van der Waals surface area contributed by atoms with Gasteiger partial charge in [-0.2, -0.15) is 0 Å². The van der Waals surface area contributed by atoms with E-state index in [1.54, 1.807) is 6.07 Å². The molecule has 0 saturated carbocycles. The van der Waals surface area contributed by atoms with Crippen LogP contribution in [0.2, 0.25) is 0 Å². The first kappa shape index (κ1) is 7.68. The van der Waals surface area contributed by atoms with Crippen LogP contribution < -0.4 is 4.74 Å². The zero-order chi connectivity index (χ0) is 8.72. The summed E-state index contributed by atoms with van der Waals surface area (Å²) in [5, 5.41) is 0. The number of benzene rings is 1. The number of ketones is 1. The monoisotopic (exact) mass is 180 g/mol. The van der Waals surface area contributed by atoms with Crippen molar-refractivity contribution in [3.05, 3.63) is 23.3 Å². The van der Waals surface area contributed by atoms with E-state index in [-0.39, 0.29) is 12.4 Å². The summed E-state index contributed by atoms with van der Waals surface area (Å²) in [7, 11) is 0. The number of Topliss-reactive ketones (excluding diaryl/α,β-unsaturated/α-hetero) is 1. The Hall–Kier alpha value is -0.960. The molecule has 0 saturated heterocycles. The second kappa shape index (κ2) is 2.52. The van der Waals surface area contributed by atoms with E-state index in [0.29, 0.717) is 11.3 Å². The van der Waals surface area contributed by atoms with Crippen molar-refractivity contribution in [1.82, 2.24) is 0 Å². The molecule has 0 radical (unpaired) electrons. The van der Waals surface area contributed by atoms with Gasteiger partial charge in [0.25, 0.3) is 0 Å². The van der Waals surface area contributed by atoms with Crippen LogP contribution in [0.25, 0.3) is 0 Å². The molecule has 0 spiro atoms. The van der Waals surface area contributed by atoms with Gasteiger partial charge in [0.15, 0.2) is 6.61 Å². The average molecular weight is 180 g/mol. The molecule has 0 aromatic heterocycles. The highest BCUT2D eigenvalue weighted by atomic mass is 32.1. The van der Waals surface area contributed by atoms with Crippen LogP contribution in [0.15, 0.2) is 17.0 Å². The zero-order valence-electron chi connectivity index (χ0n) is 6.63. The van der Waals surface area contributed by atoms with Crippen LogP contribution in [-0.2, 0) is 0 Å². The highest BCUT2D eigenvalue weighted by Gasteiger charge is 2.23. The summed E-state index contributed by atoms with van der Waals surface area (Å²) in [6.07, 6.45) is 0. The lowest BCUT2D eigenvalue weighted by molar-refractivity contribution is 0.0961. The van der Waals surface area contributed by atoms with Gasteiger partial charge in [-0.3, -0.25) is 4.79 Å². The Morgan fingerprint density at radius 1 is 1.50 bits per heavy atom. The lowest BCUT2D eigenvalue weighted by Gasteiger charge is -2.03. The molecule has 0 atom stereocenters. The minimum Gasteiger partial charge on any atom is -0.484 e. The zero-order valence-corrected chi connectivity index (χ0v) is 7.52. The summed E-state index contributed by atoms with van der Waals surface area (Å²) in [6.45, 7) is 2.08. The molecule has 0 fully saturated rings. The maximum atomic E-state index is 11.2. The summed E-state index contributed by atoms with van der Waals surface area (Å²) >= 11 is 4.23. The normalized spacial score (nSPS) is 14.3. The van der Waals surface area contributed by atoms with Gasteiger partial charge in [-0.15, -0.1) is 12.6 Å². The van der Waals surface area contributed by atoms with Crippen LogP contribution >= 0.6 is 12.6 Å². The first-order chi connectivity index (χ1) is 5.70. The van der Waals surface area contributed by atoms with E-state index in [4.69, 9.17) is 4.74 Å². The molecule has 1 aromatic carbocycles. The first-order valence-corrected chi connectivity index (χ1v) is 4.13. The average Bonchev–Trinajstić information content (AvgIpc) is 2.41. The Bertz CT molecular complexity index is 358. The topological polar surface area (TPSA) is 26.3 Å². The van der Waals surface area contributed by atoms with Crippen molar-refractivity contribution in [2.24, 2.45) is 0 Å². The lowest BCUT2D eigenvalue weighted by Crippen LogP contribution is -1.98. The van der Waals surface area contributed by atoms with Gasteiger partial charge >= 0.3 is 0 Å². The molecule has 0 bridgehead atoms. The van der Waals surface area contributed by atoms with Crippen molar-refractivity contribution in [3.8, 4) is 5.75 Å². The SMILES string of the molecule is Cc1c(S)ccc2c1OCC2=O. The van der Waals surface area contributed by atoms with Crippen LogP contribution in [0.1, 0.15) is 15.9 Å². The quantitative estimate of drug-likeness (QED) is 0.617. The number of thiol groups is 1. The van der Waals surface area contributed by atoms with Gasteiger partial charge in [-0.1, -0.05) is 0 Å².